The summed E-state index contributed by atoms with van der Waals surface area (Å²) in [4.78, 5) is 24.7. The summed E-state index contributed by atoms with van der Waals surface area (Å²) in [6, 6.07) is 11.5. The fourth-order valence-electron chi connectivity index (χ4n) is 2.54. The van der Waals surface area contributed by atoms with Crippen LogP contribution in [0.4, 0.5) is 10.1 Å². The standard InChI is InChI=1S/C18H15FN2O2S/c1-10-15-13(19)7-4-8-14(15)24-16(10)18(23)21-12-6-3-5-11(9-12)17(22)20-2/h3-9H,1-2H3,(H,20,22)(H,21,23). The second-order valence-corrected chi connectivity index (χ2v) is 6.34. The number of hydrogen-bond donors (Lipinski definition) is 2. The number of hydrogen-bond acceptors (Lipinski definition) is 3. The average Bonchev–Trinajstić information content (AvgIpc) is 2.92. The Morgan fingerprint density at radius 3 is 2.54 bits per heavy atom. The second kappa shape index (κ2) is 6.41. The highest BCUT2D eigenvalue weighted by Gasteiger charge is 2.18. The Hall–Kier alpha value is -2.73. The predicted molar refractivity (Wildman–Crippen MR) is 94.3 cm³/mol. The van der Waals surface area contributed by atoms with Crippen molar-refractivity contribution in [2.24, 2.45) is 0 Å². The van der Waals surface area contributed by atoms with Crippen LogP contribution in [0.2, 0.25) is 0 Å². The molecule has 3 aromatic rings. The number of carbonyl (C=O) groups is 2. The lowest BCUT2D eigenvalue weighted by Gasteiger charge is -2.06. The molecule has 0 fully saturated rings. The van der Waals surface area contributed by atoms with Crippen molar-refractivity contribution in [3.63, 3.8) is 0 Å². The molecule has 0 atom stereocenters. The Bertz CT molecular complexity index is 949. The van der Waals surface area contributed by atoms with E-state index >= 15 is 0 Å². The molecule has 0 bridgehead atoms. The van der Waals surface area contributed by atoms with E-state index in [1.54, 1.807) is 50.4 Å². The summed E-state index contributed by atoms with van der Waals surface area (Å²) < 4.78 is 14.7. The van der Waals surface area contributed by atoms with Crippen LogP contribution >= 0.6 is 11.3 Å². The summed E-state index contributed by atoms with van der Waals surface area (Å²) >= 11 is 1.25. The third-order valence-electron chi connectivity index (χ3n) is 3.72. The Morgan fingerprint density at radius 2 is 1.83 bits per heavy atom. The Kier molecular flexibility index (Phi) is 4.31. The van der Waals surface area contributed by atoms with Crippen molar-refractivity contribution in [3.8, 4) is 0 Å². The number of carbonyl (C=O) groups excluding carboxylic acids is 2. The quantitative estimate of drug-likeness (QED) is 0.757. The van der Waals surface area contributed by atoms with Crippen molar-refractivity contribution in [2.45, 2.75) is 6.92 Å². The number of halogens is 1. The number of anilines is 1. The normalized spacial score (nSPS) is 10.6. The molecule has 2 N–H and O–H groups in total. The first-order chi connectivity index (χ1) is 11.5. The predicted octanol–water partition coefficient (Wildman–Crippen LogP) is 3.96. The van der Waals surface area contributed by atoms with Gasteiger partial charge in [0.1, 0.15) is 5.82 Å². The van der Waals surface area contributed by atoms with Crippen LogP contribution in [0, 0.1) is 12.7 Å². The van der Waals surface area contributed by atoms with Gasteiger partial charge in [-0.05, 0) is 42.8 Å². The van der Waals surface area contributed by atoms with Gasteiger partial charge in [-0.25, -0.2) is 4.39 Å². The topological polar surface area (TPSA) is 58.2 Å². The molecule has 122 valence electrons. The molecular formula is C18H15FN2O2S. The van der Waals surface area contributed by atoms with Gasteiger partial charge in [0.25, 0.3) is 11.8 Å². The van der Waals surface area contributed by atoms with E-state index in [4.69, 9.17) is 0 Å². The number of aryl methyl sites for hydroxylation is 1. The maximum absolute atomic E-state index is 14.0. The van der Waals surface area contributed by atoms with Crippen LogP contribution in [0.3, 0.4) is 0 Å². The van der Waals surface area contributed by atoms with Crippen molar-refractivity contribution >= 4 is 38.9 Å². The van der Waals surface area contributed by atoms with Crippen LogP contribution in [0.5, 0.6) is 0 Å². The van der Waals surface area contributed by atoms with Gasteiger partial charge >= 0.3 is 0 Å². The molecule has 1 heterocycles. The van der Waals surface area contributed by atoms with E-state index in [1.165, 1.54) is 17.4 Å². The molecular weight excluding hydrogens is 327 g/mol. The van der Waals surface area contributed by atoms with E-state index in [0.717, 1.165) is 4.70 Å². The van der Waals surface area contributed by atoms with Gasteiger partial charge in [0.2, 0.25) is 0 Å². The number of benzene rings is 2. The maximum Gasteiger partial charge on any atom is 0.266 e. The van der Waals surface area contributed by atoms with Gasteiger partial charge in [-0.1, -0.05) is 12.1 Å². The fourth-order valence-corrected chi connectivity index (χ4v) is 3.66. The van der Waals surface area contributed by atoms with Crippen LogP contribution in [0.1, 0.15) is 25.6 Å². The zero-order valence-corrected chi connectivity index (χ0v) is 14.0. The highest BCUT2D eigenvalue weighted by Crippen LogP contribution is 2.33. The first kappa shape index (κ1) is 16.1. The average molecular weight is 342 g/mol. The van der Waals surface area contributed by atoms with Gasteiger partial charge in [0, 0.05) is 28.4 Å². The number of nitrogens with one attached hydrogen (secondary N) is 2. The minimum Gasteiger partial charge on any atom is -0.355 e. The molecule has 0 aliphatic rings. The van der Waals surface area contributed by atoms with Gasteiger partial charge in [-0.15, -0.1) is 11.3 Å². The molecule has 24 heavy (non-hydrogen) atoms. The first-order valence-corrected chi connectivity index (χ1v) is 8.14. The van der Waals surface area contributed by atoms with Crippen LogP contribution in [-0.4, -0.2) is 18.9 Å². The zero-order valence-electron chi connectivity index (χ0n) is 13.1. The number of rotatable bonds is 3. The summed E-state index contributed by atoms with van der Waals surface area (Å²) in [6.45, 7) is 1.73. The lowest BCUT2D eigenvalue weighted by atomic mass is 10.1. The van der Waals surface area contributed by atoms with Gasteiger partial charge < -0.3 is 10.6 Å². The van der Waals surface area contributed by atoms with Crippen molar-refractivity contribution in [2.75, 3.05) is 12.4 Å². The maximum atomic E-state index is 14.0. The van der Waals surface area contributed by atoms with E-state index < -0.39 is 0 Å². The molecule has 0 saturated carbocycles. The largest absolute Gasteiger partial charge is 0.355 e. The van der Waals surface area contributed by atoms with Crippen molar-refractivity contribution < 1.29 is 14.0 Å². The van der Waals surface area contributed by atoms with Gasteiger partial charge in [0.05, 0.1) is 4.88 Å². The van der Waals surface area contributed by atoms with Crippen LogP contribution in [0.25, 0.3) is 10.1 Å². The molecule has 3 rings (SSSR count). The van der Waals surface area contributed by atoms with E-state index in [-0.39, 0.29) is 17.6 Å². The molecule has 0 aliphatic heterocycles. The van der Waals surface area contributed by atoms with E-state index in [1.807, 2.05) is 0 Å². The summed E-state index contributed by atoms with van der Waals surface area (Å²) in [5, 5.41) is 5.78. The molecule has 0 radical (unpaired) electrons. The number of amides is 2. The summed E-state index contributed by atoms with van der Waals surface area (Å²) in [6.07, 6.45) is 0. The second-order valence-electron chi connectivity index (χ2n) is 5.28. The van der Waals surface area contributed by atoms with E-state index in [2.05, 4.69) is 10.6 Å². The lowest BCUT2D eigenvalue weighted by molar-refractivity contribution is 0.0961. The van der Waals surface area contributed by atoms with Gasteiger partial charge in [-0.3, -0.25) is 9.59 Å². The smallest absolute Gasteiger partial charge is 0.266 e. The van der Waals surface area contributed by atoms with Crippen molar-refractivity contribution in [3.05, 3.63) is 64.3 Å². The first-order valence-electron chi connectivity index (χ1n) is 7.32. The van der Waals surface area contributed by atoms with Crippen molar-refractivity contribution in [1.82, 2.24) is 5.32 Å². The molecule has 4 nitrogen and oxygen atoms in total. The van der Waals surface area contributed by atoms with Crippen LogP contribution in [-0.2, 0) is 0 Å². The summed E-state index contributed by atoms with van der Waals surface area (Å²) in [7, 11) is 1.54. The molecule has 0 spiro atoms. The van der Waals surface area contributed by atoms with Crippen LogP contribution in [0.15, 0.2) is 42.5 Å². The number of thiophene rings is 1. The molecule has 6 heteroatoms. The summed E-state index contributed by atoms with van der Waals surface area (Å²) in [5.74, 6) is -0.879. The van der Waals surface area contributed by atoms with Gasteiger partial charge in [-0.2, -0.15) is 0 Å². The molecule has 0 saturated heterocycles. The number of fused-ring (bicyclic) bond motifs is 1. The molecule has 0 unspecified atom stereocenters. The lowest BCUT2D eigenvalue weighted by Crippen LogP contribution is -2.18. The third-order valence-corrected chi connectivity index (χ3v) is 4.97. The van der Waals surface area contributed by atoms with E-state index in [9.17, 15) is 14.0 Å². The zero-order chi connectivity index (χ0) is 17.3. The Labute approximate surface area is 142 Å². The molecule has 1 aromatic heterocycles. The van der Waals surface area contributed by atoms with E-state index in [0.29, 0.717) is 27.1 Å². The Morgan fingerprint density at radius 1 is 1.08 bits per heavy atom. The molecule has 0 aliphatic carbocycles. The SMILES string of the molecule is CNC(=O)c1cccc(NC(=O)c2sc3cccc(F)c3c2C)c1. The minimum atomic E-state index is -0.332. The van der Waals surface area contributed by atoms with Gasteiger partial charge in [0.15, 0.2) is 0 Å². The fraction of sp³-hybridized carbons (Fsp3) is 0.111. The Balaban J connectivity index is 1.92. The third kappa shape index (κ3) is 2.88. The monoisotopic (exact) mass is 342 g/mol. The molecule has 2 amide bonds. The molecule has 2 aromatic carbocycles. The minimum absolute atomic E-state index is 0.230. The highest BCUT2D eigenvalue weighted by atomic mass is 32.1. The van der Waals surface area contributed by atoms with Crippen molar-refractivity contribution in [1.29, 1.82) is 0 Å². The highest BCUT2D eigenvalue weighted by molar-refractivity contribution is 7.21. The van der Waals surface area contributed by atoms with Crippen LogP contribution < -0.4 is 10.6 Å². The summed E-state index contributed by atoms with van der Waals surface area (Å²) in [5.41, 5.74) is 1.58.